The van der Waals surface area contributed by atoms with E-state index in [9.17, 15) is 18.8 Å². The predicted molar refractivity (Wildman–Crippen MR) is 148 cm³/mol. The van der Waals surface area contributed by atoms with Crippen molar-refractivity contribution in [1.82, 2.24) is 10.6 Å². The van der Waals surface area contributed by atoms with E-state index in [1.807, 2.05) is 0 Å². The number of nitrogen functional groups attached to an aromatic ring is 1. The summed E-state index contributed by atoms with van der Waals surface area (Å²) in [5.74, 6) is 0.256. The number of esters is 1. The molecule has 2 amide bonds. The van der Waals surface area contributed by atoms with Crippen LogP contribution >= 0.6 is 0 Å². The largest absolute Gasteiger partial charge is 0.464 e. The second-order valence-corrected chi connectivity index (χ2v) is 11.8. The lowest BCUT2D eigenvalue weighted by molar-refractivity contribution is -0.147. The van der Waals surface area contributed by atoms with Gasteiger partial charge in [0.25, 0.3) is 0 Å². The monoisotopic (exact) mass is 551 g/mol. The minimum absolute atomic E-state index is 0.108. The van der Waals surface area contributed by atoms with E-state index in [0.717, 1.165) is 24.8 Å². The van der Waals surface area contributed by atoms with Crippen molar-refractivity contribution in [1.29, 1.82) is 0 Å². The zero-order chi connectivity index (χ0) is 28.3. The number of nitrogens with one attached hydrogen (secondary N) is 2. The van der Waals surface area contributed by atoms with Crippen LogP contribution in [0.2, 0.25) is 0 Å². The number of rotatable bonds is 10. The molecular weight excluding hydrogens is 513 g/mol. The predicted octanol–water partition coefficient (Wildman–Crippen LogP) is 4.30. The number of hydrogen-bond acceptors (Lipinski definition) is 6. The molecule has 8 nitrogen and oxygen atoms in total. The Labute approximate surface area is 234 Å². The van der Waals surface area contributed by atoms with Crippen molar-refractivity contribution in [2.45, 2.75) is 76.0 Å². The molecule has 0 saturated heterocycles. The summed E-state index contributed by atoms with van der Waals surface area (Å²) < 4.78 is 24.7. The maximum absolute atomic E-state index is 13.6. The Hall–Kier alpha value is -3.62. The summed E-state index contributed by atoms with van der Waals surface area (Å²) in [7, 11) is 0. The van der Waals surface area contributed by atoms with Gasteiger partial charge in [-0.1, -0.05) is 24.3 Å². The molecule has 4 aliphatic rings. The number of anilines is 1. The van der Waals surface area contributed by atoms with E-state index in [-0.39, 0.29) is 19.4 Å². The SMILES string of the molecule is CCOC(=O)[C@H](Cc1ccc(F)cc1)NC(=O)[C@H](Cc1ccc(N)cc1)NC(=O)OC12CC3CC(CC(C3)C1)C2. The van der Waals surface area contributed by atoms with Crippen LogP contribution in [0.1, 0.15) is 56.6 Å². The fraction of sp³-hybridized carbons (Fsp3) is 0.516. The second-order valence-electron chi connectivity index (χ2n) is 11.8. The number of carbonyl (C=O) groups is 3. The third kappa shape index (κ3) is 6.74. The highest BCUT2D eigenvalue weighted by Gasteiger charge is 2.53. The normalized spacial score (nSPS) is 26.0. The van der Waals surface area contributed by atoms with Crippen LogP contribution in [0.3, 0.4) is 0 Å². The molecule has 0 aliphatic heterocycles. The Kier molecular flexibility index (Phi) is 8.28. The number of amides is 2. The van der Waals surface area contributed by atoms with Gasteiger partial charge >= 0.3 is 12.1 Å². The molecule has 2 aromatic rings. The zero-order valence-electron chi connectivity index (χ0n) is 22.9. The Balaban J connectivity index is 1.31. The molecule has 4 fully saturated rings. The Bertz CT molecular complexity index is 1180. The van der Waals surface area contributed by atoms with E-state index in [1.165, 1.54) is 31.4 Å². The number of carbonyl (C=O) groups excluding carboxylic acids is 3. The number of halogens is 1. The Morgan fingerprint density at radius 1 is 0.875 bits per heavy atom. The summed E-state index contributed by atoms with van der Waals surface area (Å²) in [4.78, 5) is 39.6. The van der Waals surface area contributed by atoms with Gasteiger partial charge in [-0.3, -0.25) is 4.79 Å². The highest BCUT2D eigenvalue weighted by Crippen LogP contribution is 2.57. The van der Waals surface area contributed by atoms with Crippen molar-refractivity contribution in [3.8, 4) is 0 Å². The van der Waals surface area contributed by atoms with E-state index in [2.05, 4.69) is 10.6 Å². The number of nitrogens with two attached hydrogens (primary N) is 1. The average molecular weight is 552 g/mol. The molecule has 0 spiro atoms. The molecule has 4 aliphatic carbocycles. The summed E-state index contributed by atoms with van der Waals surface area (Å²) in [5, 5.41) is 5.56. The number of hydrogen-bond donors (Lipinski definition) is 3. The van der Waals surface area contributed by atoms with Gasteiger partial charge in [0, 0.05) is 18.5 Å². The molecule has 40 heavy (non-hydrogen) atoms. The van der Waals surface area contributed by atoms with Gasteiger partial charge in [0.2, 0.25) is 5.91 Å². The maximum Gasteiger partial charge on any atom is 0.408 e. The average Bonchev–Trinajstić information content (AvgIpc) is 2.89. The summed E-state index contributed by atoms with van der Waals surface area (Å²) >= 11 is 0. The van der Waals surface area contributed by atoms with Crippen molar-refractivity contribution < 1.29 is 28.2 Å². The zero-order valence-corrected chi connectivity index (χ0v) is 22.9. The summed E-state index contributed by atoms with van der Waals surface area (Å²) in [6.45, 7) is 1.82. The topological polar surface area (TPSA) is 120 Å². The van der Waals surface area contributed by atoms with Gasteiger partial charge in [0.15, 0.2) is 0 Å². The minimum Gasteiger partial charge on any atom is -0.464 e. The molecule has 0 radical (unpaired) electrons. The maximum atomic E-state index is 13.6. The molecular formula is C31H38FN3O5. The summed E-state index contributed by atoms with van der Waals surface area (Å²) in [5.41, 5.74) is 7.40. The third-order valence-electron chi connectivity index (χ3n) is 8.56. The number of alkyl carbamates (subject to hydrolysis) is 1. The van der Waals surface area contributed by atoms with Crippen LogP contribution in [0.15, 0.2) is 48.5 Å². The molecule has 0 heterocycles. The first-order valence-electron chi connectivity index (χ1n) is 14.3. The Morgan fingerprint density at radius 2 is 1.40 bits per heavy atom. The van der Waals surface area contributed by atoms with Gasteiger partial charge in [-0.25, -0.2) is 14.0 Å². The molecule has 4 N–H and O–H groups in total. The molecule has 4 saturated carbocycles. The number of benzene rings is 2. The van der Waals surface area contributed by atoms with E-state index in [0.29, 0.717) is 29.0 Å². The van der Waals surface area contributed by atoms with Crippen LogP contribution in [0.5, 0.6) is 0 Å². The van der Waals surface area contributed by atoms with Crippen molar-refractivity contribution in [3.63, 3.8) is 0 Å². The minimum atomic E-state index is -1.02. The van der Waals surface area contributed by atoms with Crippen LogP contribution in [-0.2, 0) is 31.9 Å². The first-order chi connectivity index (χ1) is 19.2. The molecule has 2 aromatic carbocycles. The van der Waals surface area contributed by atoms with Crippen LogP contribution in [0.25, 0.3) is 0 Å². The number of ether oxygens (including phenoxy) is 2. The third-order valence-corrected chi connectivity index (χ3v) is 8.56. The molecule has 0 aromatic heterocycles. The van der Waals surface area contributed by atoms with Gasteiger partial charge in [-0.2, -0.15) is 0 Å². The quantitative estimate of drug-likeness (QED) is 0.299. The van der Waals surface area contributed by atoms with E-state index >= 15 is 0 Å². The first kappa shape index (κ1) is 27.9. The fourth-order valence-electron chi connectivity index (χ4n) is 7.19. The second kappa shape index (κ2) is 11.9. The fourth-order valence-corrected chi connectivity index (χ4v) is 7.19. The molecule has 6 rings (SSSR count). The van der Waals surface area contributed by atoms with Crippen molar-refractivity contribution in [2.75, 3.05) is 12.3 Å². The molecule has 214 valence electrons. The molecule has 2 atom stereocenters. The van der Waals surface area contributed by atoms with E-state index < -0.39 is 41.5 Å². The van der Waals surface area contributed by atoms with Crippen molar-refractivity contribution >= 4 is 23.7 Å². The van der Waals surface area contributed by atoms with Gasteiger partial charge in [-0.05, 0) is 98.6 Å². The van der Waals surface area contributed by atoms with E-state index in [4.69, 9.17) is 15.2 Å². The smallest absolute Gasteiger partial charge is 0.408 e. The Morgan fingerprint density at radius 3 is 1.95 bits per heavy atom. The van der Waals surface area contributed by atoms with Crippen molar-refractivity contribution in [2.24, 2.45) is 17.8 Å². The standard InChI is InChI=1S/C31H38FN3O5/c1-2-39-29(37)27(15-19-3-7-24(32)8-4-19)34-28(36)26(14-20-5-9-25(33)10-6-20)35-30(38)40-31-16-21-11-22(17-31)13-23(12-21)18-31/h3-10,21-23,26-27H,2,11-18,33H2,1H3,(H,34,36)(H,35,38)/t21?,22?,23?,26-,27-,31?/m0/s1. The lowest BCUT2D eigenvalue weighted by Gasteiger charge is -2.55. The van der Waals surface area contributed by atoms with Crippen LogP contribution in [0, 0.1) is 23.6 Å². The highest BCUT2D eigenvalue weighted by molar-refractivity contribution is 5.90. The van der Waals surface area contributed by atoms with E-state index in [1.54, 1.807) is 43.3 Å². The first-order valence-corrected chi connectivity index (χ1v) is 14.3. The van der Waals surface area contributed by atoms with Gasteiger partial charge < -0.3 is 25.8 Å². The van der Waals surface area contributed by atoms with Crippen LogP contribution in [-0.4, -0.2) is 42.3 Å². The molecule has 9 heteroatoms. The van der Waals surface area contributed by atoms with Crippen LogP contribution in [0.4, 0.5) is 14.9 Å². The molecule has 4 bridgehead atoms. The summed E-state index contributed by atoms with van der Waals surface area (Å²) in [6.07, 6.45) is 5.95. The van der Waals surface area contributed by atoms with Crippen LogP contribution < -0.4 is 16.4 Å². The van der Waals surface area contributed by atoms with Gasteiger partial charge in [0.1, 0.15) is 23.5 Å². The lowest BCUT2D eigenvalue weighted by Crippen LogP contribution is -2.57. The van der Waals surface area contributed by atoms with Gasteiger partial charge in [0.05, 0.1) is 6.61 Å². The van der Waals surface area contributed by atoms with Gasteiger partial charge in [-0.15, -0.1) is 0 Å². The summed E-state index contributed by atoms with van der Waals surface area (Å²) in [6, 6.07) is 10.7. The van der Waals surface area contributed by atoms with Crippen molar-refractivity contribution in [3.05, 3.63) is 65.5 Å². The molecule has 0 unspecified atom stereocenters. The lowest BCUT2D eigenvalue weighted by atomic mass is 9.54. The highest BCUT2D eigenvalue weighted by atomic mass is 19.1.